The lowest BCUT2D eigenvalue weighted by Crippen LogP contribution is -2.30. The lowest BCUT2D eigenvalue weighted by molar-refractivity contribution is -0.131. The van der Waals surface area contributed by atoms with Crippen LogP contribution in [0.3, 0.4) is 0 Å². The van der Waals surface area contributed by atoms with Gasteiger partial charge in [0.15, 0.2) is 0 Å². The molecular formula is C28H28N4O3. The largest absolute Gasteiger partial charge is 0.495 e. The number of hydrogen-bond acceptors (Lipinski definition) is 4. The minimum absolute atomic E-state index is 0.0100. The van der Waals surface area contributed by atoms with Gasteiger partial charge in [-0.05, 0) is 29.8 Å². The molecule has 0 spiro atoms. The number of carbonyl (C=O) groups is 2. The van der Waals surface area contributed by atoms with E-state index in [0.29, 0.717) is 25.3 Å². The third kappa shape index (κ3) is 4.49. The number of fused-ring (bicyclic) bond motifs is 1. The molecule has 2 amide bonds. The van der Waals surface area contributed by atoms with Gasteiger partial charge in [-0.2, -0.15) is 0 Å². The van der Waals surface area contributed by atoms with Gasteiger partial charge in [-0.1, -0.05) is 54.6 Å². The molecule has 0 N–H and O–H groups in total. The number of aromatic nitrogens is 2. The van der Waals surface area contributed by atoms with Crippen LogP contribution in [0.4, 0.5) is 5.69 Å². The number of carbonyl (C=O) groups excluding carboxylic acids is 2. The average Bonchev–Trinajstić information content (AvgIpc) is 3.45. The van der Waals surface area contributed by atoms with Gasteiger partial charge in [-0.3, -0.25) is 9.59 Å². The Hall–Kier alpha value is -4.13. The third-order valence-electron chi connectivity index (χ3n) is 6.53. The first-order valence-electron chi connectivity index (χ1n) is 11.7. The molecule has 1 fully saturated rings. The fourth-order valence-corrected chi connectivity index (χ4v) is 4.74. The summed E-state index contributed by atoms with van der Waals surface area (Å²) < 4.78 is 7.46. The predicted octanol–water partition coefficient (Wildman–Crippen LogP) is 4.22. The highest BCUT2D eigenvalue weighted by molar-refractivity contribution is 5.98. The van der Waals surface area contributed by atoms with E-state index in [9.17, 15) is 9.59 Å². The number of likely N-dealkylation sites (N-methyl/N-ethyl adjacent to an activating group) is 1. The number of benzene rings is 3. The lowest BCUT2D eigenvalue weighted by atomic mass is 10.1. The molecule has 0 aliphatic carbocycles. The van der Waals surface area contributed by atoms with Crippen molar-refractivity contribution in [2.75, 3.05) is 25.6 Å². The molecule has 178 valence electrons. The Morgan fingerprint density at radius 3 is 2.54 bits per heavy atom. The number of hydrogen-bond donors (Lipinski definition) is 0. The Labute approximate surface area is 204 Å². The van der Waals surface area contributed by atoms with Gasteiger partial charge in [0.2, 0.25) is 11.8 Å². The van der Waals surface area contributed by atoms with Crippen molar-refractivity contribution < 1.29 is 14.3 Å². The molecule has 3 aromatic carbocycles. The Morgan fingerprint density at radius 1 is 1.03 bits per heavy atom. The zero-order valence-electron chi connectivity index (χ0n) is 19.9. The molecule has 1 atom stereocenters. The van der Waals surface area contributed by atoms with Gasteiger partial charge in [0, 0.05) is 32.5 Å². The molecule has 0 bridgehead atoms. The first-order valence-corrected chi connectivity index (χ1v) is 11.7. The van der Waals surface area contributed by atoms with Crippen LogP contribution in [-0.4, -0.2) is 47.0 Å². The second-order valence-corrected chi connectivity index (χ2v) is 8.86. The second kappa shape index (κ2) is 9.62. The highest BCUT2D eigenvalue weighted by Gasteiger charge is 2.36. The fraction of sp³-hybridized carbons (Fsp3) is 0.250. The molecule has 5 rings (SSSR count). The Kier molecular flexibility index (Phi) is 6.23. The number of methoxy groups -OCH3 is 1. The highest BCUT2D eigenvalue weighted by Crippen LogP contribution is 2.37. The van der Waals surface area contributed by atoms with Gasteiger partial charge in [-0.15, -0.1) is 0 Å². The van der Waals surface area contributed by atoms with Crippen LogP contribution < -0.4 is 9.64 Å². The molecule has 1 aliphatic rings. The summed E-state index contributed by atoms with van der Waals surface area (Å²) in [6.07, 6.45) is 0.329. The molecular weight excluding hydrogens is 440 g/mol. The van der Waals surface area contributed by atoms with Gasteiger partial charge >= 0.3 is 0 Å². The summed E-state index contributed by atoms with van der Waals surface area (Å²) in [5.74, 6) is 1.30. The van der Waals surface area contributed by atoms with Crippen molar-refractivity contribution in [1.82, 2.24) is 14.5 Å². The van der Waals surface area contributed by atoms with Crippen LogP contribution in [0.15, 0.2) is 78.9 Å². The number of imidazole rings is 1. The molecule has 0 radical (unpaired) electrons. The standard InChI is InChI=1S/C28H28N4O3/c1-30(17-20-10-4-3-5-11-20)27(34)19-32-23-13-7-6-12-22(23)29-28(32)21-16-26(33)31(18-21)24-14-8-9-15-25(24)35-2/h3-15,21H,16-19H2,1-2H3. The van der Waals surface area contributed by atoms with Crippen LogP contribution in [0.5, 0.6) is 5.75 Å². The van der Waals surface area contributed by atoms with Crippen LogP contribution in [0.1, 0.15) is 23.7 Å². The van der Waals surface area contributed by atoms with Gasteiger partial charge in [0.05, 0.1) is 23.8 Å². The van der Waals surface area contributed by atoms with E-state index in [-0.39, 0.29) is 24.3 Å². The maximum atomic E-state index is 13.2. The number of ether oxygens (including phenoxy) is 1. The second-order valence-electron chi connectivity index (χ2n) is 8.86. The van der Waals surface area contributed by atoms with E-state index >= 15 is 0 Å². The van der Waals surface area contributed by atoms with Crippen molar-refractivity contribution in [2.24, 2.45) is 0 Å². The Balaban J connectivity index is 1.43. The van der Waals surface area contributed by atoms with E-state index in [1.54, 1.807) is 16.9 Å². The number of anilines is 1. The molecule has 1 saturated heterocycles. The summed E-state index contributed by atoms with van der Waals surface area (Å²) in [6.45, 7) is 1.18. The van der Waals surface area contributed by atoms with E-state index in [1.807, 2.05) is 90.5 Å². The zero-order valence-corrected chi connectivity index (χ0v) is 19.9. The summed E-state index contributed by atoms with van der Waals surface area (Å²) in [4.78, 5) is 34.7. The summed E-state index contributed by atoms with van der Waals surface area (Å²) in [5, 5.41) is 0. The fourth-order valence-electron chi connectivity index (χ4n) is 4.74. The molecule has 1 unspecified atom stereocenters. The van der Waals surface area contributed by atoms with E-state index in [1.165, 1.54) is 0 Å². The molecule has 35 heavy (non-hydrogen) atoms. The lowest BCUT2D eigenvalue weighted by Gasteiger charge is -2.21. The quantitative estimate of drug-likeness (QED) is 0.407. The normalized spacial score (nSPS) is 15.5. The summed E-state index contributed by atoms with van der Waals surface area (Å²) in [7, 11) is 3.42. The number of nitrogens with zero attached hydrogens (tertiary/aromatic N) is 4. The smallest absolute Gasteiger partial charge is 0.242 e. The number of rotatable bonds is 7. The molecule has 7 nitrogen and oxygen atoms in total. The number of para-hydroxylation sites is 4. The maximum absolute atomic E-state index is 13.2. The summed E-state index contributed by atoms with van der Waals surface area (Å²) >= 11 is 0. The van der Waals surface area contributed by atoms with E-state index in [2.05, 4.69) is 0 Å². The molecule has 2 heterocycles. The van der Waals surface area contributed by atoms with Crippen molar-refractivity contribution in [3.8, 4) is 5.75 Å². The average molecular weight is 469 g/mol. The van der Waals surface area contributed by atoms with Crippen LogP contribution >= 0.6 is 0 Å². The van der Waals surface area contributed by atoms with Gasteiger partial charge in [0.1, 0.15) is 18.1 Å². The minimum Gasteiger partial charge on any atom is -0.495 e. The first kappa shape index (κ1) is 22.7. The minimum atomic E-state index is -0.132. The van der Waals surface area contributed by atoms with Crippen molar-refractivity contribution in [2.45, 2.75) is 25.4 Å². The van der Waals surface area contributed by atoms with Gasteiger partial charge < -0.3 is 19.1 Å². The highest BCUT2D eigenvalue weighted by atomic mass is 16.5. The zero-order chi connectivity index (χ0) is 24.4. The summed E-state index contributed by atoms with van der Waals surface area (Å²) in [6, 6.07) is 25.3. The van der Waals surface area contributed by atoms with E-state index < -0.39 is 0 Å². The van der Waals surface area contributed by atoms with Gasteiger partial charge in [-0.25, -0.2) is 4.98 Å². The number of amides is 2. The Bertz CT molecular complexity index is 1370. The first-order chi connectivity index (χ1) is 17.0. The van der Waals surface area contributed by atoms with Gasteiger partial charge in [0.25, 0.3) is 0 Å². The van der Waals surface area contributed by atoms with Crippen LogP contribution in [0.25, 0.3) is 11.0 Å². The molecule has 0 saturated carbocycles. The summed E-state index contributed by atoms with van der Waals surface area (Å²) in [5.41, 5.74) is 3.55. The topological polar surface area (TPSA) is 67.7 Å². The van der Waals surface area contributed by atoms with Crippen molar-refractivity contribution >= 4 is 28.5 Å². The molecule has 4 aromatic rings. The van der Waals surface area contributed by atoms with Crippen LogP contribution in [0, 0.1) is 0 Å². The van der Waals surface area contributed by atoms with Crippen LogP contribution in [-0.2, 0) is 22.7 Å². The maximum Gasteiger partial charge on any atom is 0.242 e. The van der Waals surface area contributed by atoms with Crippen molar-refractivity contribution in [3.05, 3.63) is 90.3 Å². The van der Waals surface area contributed by atoms with Crippen molar-refractivity contribution in [1.29, 1.82) is 0 Å². The van der Waals surface area contributed by atoms with Crippen molar-refractivity contribution in [3.63, 3.8) is 0 Å². The SMILES string of the molecule is COc1ccccc1N1CC(c2nc3ccccc3n2CC(=O)N(C)Cc2ccccc2)CC1=O. The Morgan fingerprint density at radius 2 is 1.74 bits per heavy atom. The molecule has 1 aliphatic heterocycles. The monoisotopic (exact) mass is 468 g/mol. The predicted molar refractivity (Wildman–Crippen MR) is 135 cm³/mol. The molecule has 1 aromatic heterocycles. The van der Waals surface area contributed by atoms with Crippen LogP contribution in [0.2, 0.25) is 0 Å². The molecule has 7 heteroatoms. The van der Waals surface area contributed by atoms with E-state index in [4.69, 9.17) is 9.72 Å². The van der Waals surface area contributed by atoms with E-state index in [0.717, 1.165) is 28.1 Å². The third-order valence-corrected chi connectivity index (χ3v) is 6.53.